The van der Waals surface area contributed by atoms with Crippen LogP contribution in [0.25, 0.3) is 11.3 Å². The largest absolute Gasteiger partial charge is 0.322 e. The molecule has 0 bridgehead atoms. The van der Waals surface area contributed by atoms with Gasteiger partial charge >= 0.3 is 0 Å². The Balaban J connectivity index is 0.00000144. The van der Waals surface area contributed by atoms with Crippen LogP contribution in [0.15, 0.2) is 29.6 Å². The molecule has 0 aliphatic heterocycles. The molecule has 1 atom stereocenters. The van der Waals surface area contributed by atoms with Crippen molar-refractivity contribution in [2.75, 3.05) is 0 Å². The molecule has 3 nitrogen and oxygen atoms in total. The Morgan fingerprint density at radius 1 is 1.35 bits per heavy atom. The molecule has 0 spiro atoms. The molecule has 0 amide bonds. The van der Waals surface area contributed by atoms with E-state index in [0.29, 0.717) is 5.56 Å². The summed E-state index contributed by atoms with van der Waals surface area (Å²) in [5, 5.41) is 11.6. The quantitative estimate of drug-likeness (QED) is 0.907. The number of thiazole rings is 1. The Morgan fingerprint density at radius 2 is 2.00 bits per heavy atom. The van der Waals surface area contributed by atoms with Gasteiger partial charge in [0.25, 0.3) is 0 Å². The van der Waals surface area contributed by atoms with E-state index in [0.717, 1.165) is 16.3 Å². The average Bonchev–Trinajstić information content (AvgIpc) is 2.78. The predicted octanol–water partition coefficient (Wildman–Crippen LogP) is 3.12. The zero-order valence-electron chi connectivity index (χ0n) is 9.25. The fraction of sp³-hybridized carbons (Fsp3) is 0.167. The minimum atomic E-state index is -0.0304. The maximum atomic E-state index is 8.70. The zero-order valence-corrected chi connectivity index (χ0v) is 10.9. The number of aromatic nitrogens is 1. The lowest BCUT2D eigenvalue weighted by molar-refractivity contribution is 0.808. The Labute approximate surface area is 110 Å². The van der Waals surface area contributed by atoms with E-state index in [1.165, 1.54) is 0 Å². The first-order chi connectivity index (χ1) is 7.70. The van der Waals surface area contributed by atoms with Gasteiger partial charge in [-0.05, 0) is 19.1 Å². The summed E-state index contributed by atoms with van der Waals surface area (Å²) in [7, 11) is 0. The topological polar surface area (TPSA) is 62.7 Å². The van der Waals surface area contributed by atoms with Crippen molar-refractivity contribution in [1.29, 1.82) is 5.26 Å². The van der Waals surface area contributed by atoms with Crippen LogP contribution in [0.1, 0.15) is 23.5 Å². The highest BCUT2D eigenvalue weighted by Gasteiger charge is 2.07. The van der Waals surface area contributed by atoms with Crippen LogP contribution in [0.2, 0.25) is 0 Å². The number of benzene rings is 1. The standard InChI is InChI=1S/C12H11N3S.ClH/c1-8(14)12-15-11(7-16-12)10-4-2-9(6-13)3-5-10;/h2-5,7-8H,14H2,1H3;1H. The van der Waals surface area contributed by atoms with E-state index in [4.69, 9.17) is 11.0 Å². The first kappa shape index (κ1) is 13.7. The third-order valence-electron chi connectivity index (χ3n) is 2.22. The van der Waals surface area contributed by atoms with E-state index in [1.54, 1.807) is 23.5 Å². The van der Waals surface area contributed by atoms with Gasteiger partial charge in [-0.2, -0.15) is 5.26 Å². The first-order valence-corrected chi connectivity index (χ1v) is 5.80. The van der Waals surface area contributed by atoms with Gasteiger partial charge in [-0.1, -0.05) is 12.1 Å². The van der Waals surface area contributed by atoms with Gasteiger partial charge in [0.2, 0.25) is 0 Å². The van der Waals surface area contributed by atoms with Gasteiger partial charge in [-0.25, -0.2) is 4.98 Å². The van der Waals surface area contributed by atoms with Gasteiger partial charge < -0.3 is 5.73 Å². The smallest absolute Gasteiger partial charge is 0.110 e. The van der Waals surface area contributed by atoms with Gasteiger partial charge in [0.05, 0.1) is 23.4 Å². The van der Waals surface area contributed by atoms with Crippen LogP contribution in [0, 0.1) is 11.3 Å². The number of nitriles is 1. The second kappa shape index (κ2) is 5.78. The minimum absolute atomic E-state index is 0. The molecule has 2 N–H and O–H groups in total. The molecular weight excluding hydrogens is 254 g/mol. The van der Waals surface area contributed by atoms with Crippen molar-refractivity contribution >= 4 is 23.7 Å². The fourth-order valence-electron chi connectivity index (χ4n) is 1.34. The van der Waals surface area contributed by atoms with Gasteiger partial charge in [-0.15, -0.1) is 23.7 Å². The van der Waals surface area contributed by atoms with E-state index in [9.17, 15) is 0 Å². The molecule has 88 valence electrons. The van der Waals surface area contributed by atoms with E-state index < -0.39 is 0 Å². The maximum absolute atomic E-state index is 8.70. The van der Waals surface area contributed by atoms with Crippen LogP contribution in [0.4, 0.5) is 0 Å². The summed E-state index contributed by atoms with van der Waals surface area (Å²) in [5.41, 5.74) is 8.35. The van der Waals surface area contributed by atoms with Crippen molar-refractivity contribution in [3.05, 3.63) is 40.2 Å². The number of hydrogen-bond acceptors (Lipinski definition) is 4. The first-order valence-electron chi connectivity index (χ1n) is 4.92. The van der Waals surface area contributed by atoms with E-state index in [-0.39, 0.29) is 18.4 Å². The summed E-state index contributed by atoms with van der Waals surface area (Å²) in [6, 6.07) is 9.45. The number of nitrogens with two attached hydrogens (primary N) is 1. The maximum Gasteiger partial charge on any atom is 0.110 e. The lowest BCUT2D eigenvalue weighted by Gasteiger charge is -1.98. The van der Waals surface area contributed by atoms with E-state index in [2.05, 4.69) is 11.1 Å². The fourth-order valence-corrected chi connectivity index (χ4v) is 2.13. The van der Waals surface area contributed by atoms with Crippen LogP contribution in [-0.4, -0.2) is 4.98 Å². The third kappa shape index (κ3) is 3.04. The van der Waals surface area contributed by atoms with Crippen molar-refractivity contribution in [1.82, 2.24) is 4.98 Å². The highest BCUT2D eigenvalue weighted by Crippen LogP contribution is 2.24. The molecule has 1 aromatic carbocycles. The molecule has 17 heavy (non-hydrogen) atoms. The minimum Gasteiger partial charge on any atom is -0.322 e. The molecule has 1 heterocycles. The average molecular weight is 266 g/mol. The van der Waals surface area contributed by atoms with Crippen LogP contribution >= 0.6 is 23.7 Å². The monoisotopic (exact) mass is 265 g/mol. The molecule has 1 unspecified atom stereocenters. The molecule has 5 heteroatoms. The summed E-state index contributed by atoms with van der Waals surface area (Å²) >= 11 is 1.56. The molecule has 0 fully saturated rings. The predicted molar refractivity (Wildman–Crippen MR) is 72.1 cm³/mol. The van der Waals surface area contributed by atoms with Crippen LogP contribution < -0.4 is 5.73 Å². The highest BCUT2D eigenvalue weighted by atomic mass is 35.5. The Bertz CT molecular complexity index is 525. The number of hydrogen-bond donors (Lipinski definition) is 1. The lowest BCUT2D eigenvalue weighted by atomic mass is 10.1. The third-order valence-corrected chi connectivity index (χ3v) is 3.27. The molecule has 1 aromatic heterocycles. The summed E-state index contributed by atoms with van der Waals surface area (Å²) in [4.78, 5) is 4.45. The summed E-state index contributed by atoms with van der Waals surface area (Å²) in [6.45, 7) is 1.92. The SMILES string of the molecule is CC(N)c1nc(-c2ccc(C#N)cc2)cs1.Cl. The summed E-state index contributed by atoms with van der Waals surface area (Å²) in [5.74, 6) is 0. The van der Waals surface area contributed by atoms with E-state index >= 15 is 0 Å². The Kier molecular flexibility index (Phi) is 4.64. The summed E-state index contributed by atoms with van der Waals surface area (Å²) < 4.78 is 0. The van der Waals surface area contributed by atoms with Crippen molar-refractivity contribution in [3.63, 3.8) is 0 Å². The van der Waals surface area contributed by atoms with Crippen LogP contribution in [-0.2, 0) is 0 Å². The molecule has 2 aromatic rings. The van der Waals surface area contributed by atoms with Crippen molar-refractivity contribution in [2.24, 2.45) is 5.73 Å². The van der Waals surface area contributed by atoms with Crippen molar-refractivity contribution in [2.45, 2.75) is 13.0 Å². The van der Waals surface area contributed by atoms with Crippen LogP contribution in [0.3, 0.4) is 0 Å². The van der Waals surface area contributed by atoms with Crippen LogP contribution in [0.5, 0.6) is 0 Å². The van der Waals surface area contributed by atoms with Crippen molar-refractivity contribution in [3.8, 4) is 17.3 Å². The molecule has 0 aliphatic rings. The van der Waals surface area contributed by atoms with Gasteiger partial charge in [-0.3, -0.25) is 0 Å². The molecule has 0 radical (unpaired) electrons. The second-order valence-corrected chi connectivity index (χ2v) is 4.44. The molecule has 0 saturated heterocycles. The normalized spacial score (nSPS) is 11.4. The Hall–Kier alpha value is -1.41. The molecule has 0 saturated carbocycles. The Morgan fingerprint density at radius 3 is 2.47 bits per heavy atom. The second-order valence-electron chi connectivity index (χ2n) is 3.55. The van der Waals surface area contributed by atoms with Gasteiger partial charge in [0.15, 0.2) is 0 Å². The highest BCUT2D eigenvalue weighted by molar-refractivity contribution is 7.10. The van der Waals surface area contributed by atoms with Gasteiger partial charge in [0, 0.05) is 10.9 Å². The summed E-state index contributed by atoms with van der Waals surface area (Å²) in [6.07, 6.45) is 0. The molecular formula is C12H12ClN3S. The number of halogens is 1. The van der Waals surface area contributed by atoms with E-state index in [1.807, 2.05) is 24.4 Å². The zero-order chi connectivity index (χ0) is 11.5. The number of nitrogens with zero attached hydrogens (tertiary/aromatic N) is 2. The molecule has 2 rings (SSSR count). The lowest BCUT2D eigenvalue weighted by Crippen LogP contribution is -2.03. The number of rotatable bonds is 2. The van der Waals surface area contributed by atoms with Crippen molar-refractivity contribution < 1.29 is 0 Å². The van der Waals surface area contributed by atoms with Gasteiger partial charge in [0.1, 0.15) is 5.01 Å². The molecule has 0 aliphatic carbocycles.